The average molecular weight is 262 g/mol. The van der Waals surface area contributed by atoms with Crippen molar-refractivity contribution in [1.29, 1.82) is 0 Å². The molecular weight excluding hydrogens is 240 g/mol. The number of amides is 1. The normalized spacial score (nSPS) is 19.0. The molecule has 1 amide bonds. The molecule has 104 valence electrons. The maximum Gasteiger partial charge on any atom is 0.257 e. The van der Waals surface area contributed by atoms with Gasteiger partial charge in [-0.25, -0.2) is 0 Å². The van der Waals surface area contributed by atoms with E-state index in [0.717, 1.165) is 25.1 Å². The molecule has 0 aromatic heterocycles. The number of nitrogens with zero attached hydrogens (tertiary/aromatic N) is 2. The van der Waals surface area contributed by atoms with Crippen LogP contribution in [0.3, 0.4) is 0 Å². The summed E-state index contributed by atoms with van der Waals surface area (Å²) in [6.45, 7) is 3.61. The summed E-state index contributed by atoms with van der Waals surface area (Å²) in [5, 5.41) is 0. The molecule has 0 saturated carbocycles. The summed E-state index contributed by atoms with van der Waals surface area (Å²) in [5.74, 6) is 0.736. The molecule has 1 aliphatic rings. The van der Waals surface area contributed by atoms with Gasteiger partial charge in [0, 0.05) is 19.1 Å². The lowest BCUT2D eigenvalue weighted by molar-refractivity contribution is 0.0779. The molecule has 0 aliphatic carbocycles. The second-order valence-corrected chi connectivity index (χ2v) is 5.36. The fraction of sp³-hybridized carbons (Fsp3) is 0.533. The second-order valence-electron chi connectivity index (χ2n) is 5.36. The Morgan fingerprint density at radius 2 is 2.16 bits per heavy atom. The lowest BCUT2D eigenvalue weighted by Crippen LogP contribution is -2.34. The van der Waals surface area contributed by atoms with E-state index in [-0.39, 0.29) is 5.91 Å². The molecular formula is C15H22N2O2. The van der Waals surface area contributed by atoms with Crippen molar-refractivity contribution in [3.63, 3.8) is 0 Å². The van der Waals surface area contributed by atoms with Crippen molar-refractivity contribution < 1.29 is 9.53 Å². The first-order valence-corrected chi connectivity index (χ1v) is 6.63. The van der Waals surface area contributed by atoms with Crippen molar-refractivity contribution in [2.75, 3.05) is 34.3 Å². The van der Waals surface area contributed by atoms with Crippen LogP contribution in [0.4, 0.5) is 0 Å². The summed E-state index contributed by atoms with van der Waals surface area (Å²) in [7, 11) is 5.73. The molecule has 4 nitrogen and oxygen atoms in total. The number of ether oxygens (including phenoxy) is 1. The number of carbonyl (C=O) groups excluding carboxylic acids is 1. The Kier molecular flexibility index (Phi) is 4.10. The van der Waals surface area contributed by atoms with Crippen LogP contribution in [0.1, 0.15) is 22.3 Å². The molecule has 1 atom stereocenters. The summed E-state index contributed by atoms with van der Waals surface area (Å²) >= 11 is 0. The highest BCUT2D eigenvalue weighted by Gasteiger charge is 2.29. The summed E-state index contributed by atoms with van der Waals surface area (Å²) in [5.41, 5.74) is 1.76. The molecule has 19 heavy (non-hydrogen) atoms. The molecule has 0 N–H and O–H groups in total. The molecule has 0 unspecified atom stereocenters. The van der Waals surface area contributed by atoms with E-state index in [1.807, 2.05) is 30.0 Å². The molecule has 0 radical (unpaired) electrons. The van der Waals surface area contributed by atoms with Gasteiger partial charge < -0.3 is 14.5 Å². The quantitative estimate of drug-likeness (QED) is 0.832. The van der Waals surface area contributed by atoms with Crippen LogP contribution in [0.2, 0.25) is 0 Å². The van der Waals surface area contributed by atoms with E-state index < -0.39 is 0 Å². The third-order valence-electron chi connectivity index (χ3n) is 3.77. The van der Waals surface area contributed by atoms with E-state index in [0.29, 0.717) is 17.4 Å². The Hall–Kier alpha value is -1.55. The van der Waals surface area contributed by atoms with Gasteiger partial charge in [-0.05, 0) is 45.1 Å². The first kappa shape index (κ1) is 13.9. The fourth-order valence-corrected chi connectivity index (χ4v) is 2.49. The van der Waals surface area contributed by atoms with Gasteiger partial charge in [0.25, 0.3) is 5.91 Å². The monoisotopic (exact) mass is 262 g/mol. The van der Waals surface area contributed by atoms with Gasteiger partial charge in [-0.2, -0.15) is 0 Å². The Bertz CT molecular complexity index is 471. The van der Waals surface area contributed by atoms with Crippen molar-refractivity contribution >= 4 is 5.91 Å². The van der Waals surface area contributed by atoms with Gasteiger partial charge in [-0.3, -0.25) is 4.79 Å². The molecule has 1 saturated heterocycles. The zero-order valence-electron chi connectivity index (χ0n) is 12.1. The minimum absolute atomic E-state index is 0.0706. The van der Waals surface area contributed by atoms with Crippen LogP contribution in [-0.4, -0.2) is 56.0 Å². The highest BCUT2D eigenvalue weighted by atomic mass is 16.5. The van der Waals surface area contributed by atoms with E-state index in [2.05, 4.69) is 19.0 Å². The number of carbonyl (C=O) groups is 1. The van der Waals surface area contributed by atoms with E-state index in [4.69, 9.17) is 4.74 Å². The molecule has 0 bridgehead atoms. The predicted octanol–water partition coefficient (Wildman–Crippen LogP) is 1.78. The number of likely N-dealkylation sites (tertiary alicyclic amines) is 1. The largest absolute Gasteiger partial charge is 0.496 e. The number of methoxy groups -OCH3 is 1. The van der Waals surface area contributed by atoms with Crippen molar-refractivity contribution in [3.8, 4) is 5.75 Å². The lowest BCUT2D eigenvalue weighted by Gasteiger charge is -2.21. The first-order valence-electron chi connectivity index (χ1n) is 6.63. The van der Waals surface area contributed by atoms with Gasteiger partial charge in [0.1, 0.15) is 5.75 Å². The highest BCUT2D eigenvalue weighted by molar-refractivity contribution is 5.97. The van der Waals surface area contributed by atoms with Gasteiger partial charge in [0.05, 0.1) is 12.7 Å². The van der Waals surface area contributed by atoms with Crippen LogP contribution in [0, 0.1) is 6.92 Å². The molecule has 0 spiro atoms. The highest BCUT2D eigenvalue weighted by Crippen LogP contribution is 2.24. The van der Waals surface area contributed by atoms with Gasteiger partial charge in [-0.1, -0.05) is 6.07 Å². The van der Waals surface area contributed by atoms with Crippen molar-refractivity contribution in [2.24, 2.45) is 0 Å². The smallest absolute Gasteiger partial charge is 0.257 e. The maximum absolute atomic E-state index is 12.5. The number of rotatable bonds is 3. The van der Waals surface area contributed by atoms with Crippen LogP contribution in [0.15, 0.2) is 18.2 Å². The average Bonchev–Trinajstić information content (AvgIpc) is 2.87. The van der Waals surface area contributed by atoms with Crippen molar-refractivity contribution in [1.82, 2.24) is 9.80 Å². The van der Waals surface area contributed by atoms with E-state index in [9.17, 15) is 4.79 Å². The van der Waals surface area contributed by atoms with Crippen LogP contribution >= 0.6 is 0 Å². The SMILES string of the molecule is COc1cc(C)ccc1C(=O)N1CC[C@H](N(C)C)C1. The molecule has 4 heteroatoms. The molecule has 1 aliphatic heterocycles. The third-order valence-corrected chi connectivity index (χ3v) is 3.77. The van der Waals surface area contributed by atoms with Crippen molar-refractivity contribution in [2.45, 2.75) is 19.4 Å². The second kappa shape index (κ2) is 5.61. The van der Waals surface area contributed by atoms with Crippen LogP contribution in [0.25, 0.3) is 0 Å². The van der Waals surface area contributed by atoms with Crippen LogP contribution in [-0.2, 0) is 0 Å². The van der Waals surface area contributed by atoms with Crippen molar-refractivity contribution in [3.05, 3.63) is 29.3 Å². The van der Waals surface area contributed by atoms with E-state index in [1.165, 1.54) is 0 Å². The van der Waals surface area contributed by atoms with Crippen LogP contribution in [0.5, 0.6) is 5.75 Å². The van der Waals surface area contributed by atoms with Crippen LogP contribution < -0.4 is 4.74 Å². The Morgan fingerprint density at radius 1 is 1.42 bits per heavy atom. The summed E-state index contributed by atoms with van der Waals surface area (Å²) in [4.78, 5) is 16.6. The van der Waals surface area contributed by atoms with Gasteiger partial charge in [-0.15, -0.1) is 0 Å². The van der Waals surface area contributed by atoms with E-state index in [1.54, 1.807) is 7.11 Å². The van der Waals surface area contributed by atoms with Gasteiger partial charge in [0.15, 0.2) is 0 Å². The molecule has 1 aromatic carbocycles. The number of benzene rings is 1. The molecule has 1 aromatic rings. The third kappa shape index (κ3) is 2.89. The van der Waals surface area contributed by atoms with Gasteiger partial charge >= 0.3 is 0 Å². The number of hydrogen-bond acceptors (Lipinski definition) is 3. The molecule has 2 rings (SSSR count). The van der Waals surface area contributed by atoms with Gasteiger partial charge in [0.2, 0.25) is 0 Å². The zero-order valence-corrected chi connectivity index (χ0v) is 12.1. The number of likely N-dealkylation sites (N-methyl/N-ethyl adjacent to an activating group) is 1. The summed E-state index contributed by atoms with van der Waals surface area (Å²) < 4.78 is 5.32. The number of aryl methyl sites for hydroxylation is 1. The van der Waals surface area contributed by atoms with E-state index >= 15 is 0 Å². The minimum Gasteiger partial charge on any atom is -0.496 e. The Morgan fingerprint density at radius 3 is 2.74 bits per heavy atom. The maximum atomic E-state index is 12.5. The predicted molar refractivity (Wildman–Crippen MR) is 75.7 cm³/mol. The molecule has 1 fully saturated rings. The number of hydrogen-bond donors (Lipinski definition) is 0. The topological polar surface area (TPSA) is 32.8 Å². The Labute approximate surface area is 115 Å². The summed E-state index contributed by atoms with van der Waals surface area (Å²) in [6, 6.07) is 6.18. The fourth-order valence-electron chi connectivity index (χ4n) is 2.49. The standard InChI is InChI=1S/C15H22N2O2/c1-11-5-6-13(14(9-11)19-4)15(18)17-8-7-12(10-17)16(2)3/h5-6,9,12H,7-8,10H2,1-4H3/t12-/m0/s1. The zero-order chi connectivity index (χ0) is 14.0. The minimum atomic E-state index is 0.0706. The Balaban J connectivity index is 2.17. The summed E-state index contributed by atoms with van der Waals surface area (Å²) in [6.07, 6.45) is 1.03. The molecule has 1 heterocycles. The first-order chi connectivity index (χ1) is 9.02. The lowest BCUT2D eigenvalue weighted by atomic mass is 10.1.